The number of benzene rings is 2. The molecule has 0 aliphatic carbocycles. The van der Waals surface area contributed by atoms with Gasteiger partial charge in [0.2, 0.25) is 0 Å². The van der Waals surface area contributed by atoms with E-state index in [-0.39, 0.29) is 0 Å². The van der Waals surface area contributed by atoms with Gasteiger partial charge < -0.3 is 9.47 Å². The van der Waals surface area contributed by atoms with Crippen molar-refractivity contribution in [1.29, 1.82) is 0 Å². The Hall–Kier alpha value is -2.88. The Morgan fingerprint density at radius 1 is 1.00 bits per heavy atom. The maximum Gasteiger partial charge on any atom is 0.338 e. The minimum atomic E-state index is -0.391. The topological polar surface area (TPSA) is 48.4 Å². The summed E-state index contributed by atoms with van der Waals surface area (Å²) in [6, 6.07) is 16.9. The third-order valence-corrected chi connectivity index (χ3v) is 3.50. The molecule has 0 spiro atoms. The van der Waals surface area contributed by atoms with E-state index < -0.39 is 5.97 Å². The Bertz CT molecular complexity index is 828. The van der Waals surface area contributed by atoms with E-state index in [1.54, 1.807) is 13.2 Å². The Morgan fingerprint density at radius 3 is 2.45 bits per heavy atom. The number of carbonyl (C=O) groups excluding carboxylic acids is 1. The van der Waals surface area contributed by atoms with Crippen LogP contribution < -0.4 is 4.74 Å². The van der Waals surface area contributed by atoms with E-state index in [9.17, 15) is 4.79 Å². The van der Waals surface area contributed by atoms with Crippen LogP contribution >= 0.6 is 0 Å². The van der Waals surface area contributed by atoms with Crippen molar-refractivity contribution >= 4 is 16.9 Å². The molecule has 4 heteroatoms. The molecule has 0 amide bonds. The summed E-state index contributed by atoms with van der Waals surface area (Å²) in [5.74, 6) is 0.235. The van der Waals surface area contributed by atoms with Crippen LogP contribution in [0.25, 0.3) is 22.2 Å². The third kappa shape index (κ3) is 2.39. The molecule has 0 aliphatic heterocycles. The van der Waals surface area contributed by atoms with Crippen molar-refractivity contribution < 1.29 is 14.3 Å². The molecule has 0 unspecified atom stereocenters. The molecular weight excluding hydrogens is 278 g/mol. The van der Waals surface area contributed by atoms with Crippen molar-refractivity contribution in [3.8, 4) is 17.0 Å². The molecule has 22 heavy (non-hydrogen) atoms. The molecule has 0 radical (unpaired) electrons. The lowest BCUT2D eigenvalue weighted by Crippen LogP contribution is -2.04. The fraction of sp³-hybridized carbons (Fsp3) is 0.111. The molecule has 0 aliphatic rings. The summed E-state index contributed by atoms with van der Waals surface area (Å²) in [6.07, 6.45) is 0. The highest BCUT2D eigenvalue weighted by Gasteiger charge is 2.16. The van der Waals surface area contributed by atoms with E-state index in [0.717, 1.165) is 5.56 Å². The molecule has 2 aromatic carbocycles. The third-order valence-electron chi connectivity index (χ3n) is 3.50. The molecule has 3 aromatic rings. The lowest BCUT2D eigenvalue weighted by Gasteiger charge is -2.11. The molecule has 4 nitrogen and oxygen atoms in total. The van der Waals surface area contributed by atoms with Gasteiger partial charge in [0.1, 0.15) is 11.3 Å². The molecule has 0 bridgehead atoms. The highest BCUT2D eigenvalue weighted by molar-refractivity contribution is 6.06. The number of para-hydroxylation sites is 1. The number of ether oxygens (including phenoxy) is 2. The van der Waals surface area contributed by atoms with Crippen LogP contribution in [-0.4, -0.2) is 25.2 Å². The summed E-state index contributed by atoms with van der Waals surface area (Å²) < 4.78 is 10.3. The van der Waals surface area contributed by atoms with E-state index in [1.807, 2.05) is 48.5 Å². The second-order valence-corrected chi connectivity index (χ2v) is 4.77. The Kier molecular flexibility index (Phi) is 3.74. The molecule has 1 aromatic heterocycles. The summed E-state index contributed by atoms with van der Waals surface area (Å²) in [5.41, 5.74) is 2.76. The van der Waals surface area contributed by atoms with Gasteiger partial charge in [-0.25, -0.2) is 9.78 Å². The predicted octanol–water partition coefficient (Wildman–Crippen LogP) is 3.70. The average Bonchev–Trinajstić information content (AvgIpc) is 2.60. The monoisotopic (exact) mass is 293 g/mol. The molecular formula is C18H15NO3. The number of fused-ring (bicyclic) bond motifs is 1. The smallest absolute Gasteiger partial charge is 0.338 e. The molecule has 0 saturated carbocycles. The Labute approximate surface area is 128 Å². The van der Waals surface area contributed by atoms with Crippen molar-refractivity contribution in [3.05, 3.63) is 60.2 Å². The van der Waals surface area contributed by atoms with Gasteiger partial charge in [-0.05, 0) is 12.1 Å². The number of hydrogen-bond acceptors (Lipinski definition) is 4. The first kappa shape index (κ1) is 14.1. The molecule has 1 heterocycles. The normalized spacial score (nSPS) is 10.5. The van der Waals surface area contributed by atoms with Gasteiger partial charge in [-0.15, -0.1) is 0 Å². The number of hydrogen-bond donors (Lipinski definition) is 0. The average molecular weight is 293 g/mol. The van der Waals surface area contributed by atoms with Crippen LogP contribution in [0.3, 0.4) is 0 Å². The van der Waals surface area contributed by atoms with Crippen LogP contribution in [0.2, 0.25) is 0 Å². The van der Waals surface area contributed by atoms with Crippen molar-refractivity contribution in [3.63, 3.8) is 0 Å². The van der Waals surface area contributed by atoms with Gasteiger partial charge in [0, 0.05) is 10.9 Å². The molecule has 3 rings (SSSR count). The summed E-state index contributed by atoms with van der Waals surface area (Å²) in [4.78, 5) is 16.8. The zero-order valence-corrected chi connectivity index (χ0v) is 12.4. The van der Waals surface area contributed by atoms with Crippen LogP contribution in [0.4, 0.5) is 0 Å². The fourth-order valence-corrected chi connectivity index (χ4v) is 2.42. The lowest BCUT2D eigenvalue weighted by atomic mass is 10.0. The first-order valence-corrected chi connectivity index (χ1v) is 6.86. The minimum absolute atomic E-state index is 0.391. The maximum atomic E-state index is 12.1. The fourth-order valence-electron chi connectivity index (χ4n) is 2.42. The summed E-state index contributed by atoms with van der Waals surface area (Å²) in [7, 11) is 2.96. The first-order chi connectivity index (χ1) is 10.7. The molecule has 0 fully saturated rings. The van der Waals surface area contributed by atoms with E-state index in [2.05, 4.69) is 4.98 Å². The minimum Gasteiger partial charge on any atom is -0.494 e. The van der Waals surface area contributed by atoms with E-state index in [1.165, 1.54) is 7.11 Å². The van der Waals surface area contributed by atoms with Gasteiger partial charge in [0.25, 0.3) is 0 Å². The zero-order valence-electron chi connectivity index (χ0n) is 12.4. The number of carbonyl (C=O) groups is 1. The Morgan fingerprint density at radius 2 is 1.77 bits per heavy atom. The van der Waals surface area contributed by atoms with Gasteiger partial charge in [-0.3, -0.25) is 0 Å². The van der Waals surface area contributed by atoms with E-state index in [4.69, 9.17) is 9.47 Å². The zero-order chi connectivity index (χ0) is 15.5. The van der Waals surface area contributed by atoms with Crippen molar-refractivity contribution in [2.24, 2.45) is 0 Å². The summed E-state index contributed by atoms with van der Waals surface area (Å²) in [5, 5.41) is 0.714. The highest BCUT2D eigenvalue weighted by atomic mass is 16.5. The van der Waals surface area contributed by atoms with Crippen LogP contribution in [0, 0.1) is 0 Å². The summed E-state index contributed by atoms with van der Waals surface area (Å²) in [6.45, 7) is 0. The molecule has 0 atom stereocenters. The second-order valence-electron chi connectivity index (χ2n) is 4.77. The number of aromatic nitrogens is 1. The highest BCUT2D eigenvalue weighted by Crippen LogP contribution is 2.30. The molecule has 0 saturated heterocycles. The maximum absolute atomic E-state index is 12.1. The van der Waals surface area contributed by atoms with Crippen molar-refractivity contribution in [1.82, 2.24) is 4.98 Å². The summed E-state index contributed by atoms with van der Waals surface area (Å²) >= 11 is 0. The quantitative estimate of drug-likeness (QED) is 0.691. The number of nitrogens with zero attached hydrogens (tertiary/aromatic N) is 1. The largest absolute Gasteiger partial charge is 0.494 e. The van der Waals surface area contributed by atoms with Gasteiger partial charge >= 0.3 is 5.97 Å². The first-order valence-electron chi connectivity index (χ1n) is 6.86. The number of rotatable bonds is 3. The molecule has 110 valence electrons. The van der Waals surface area contributed by atoms with Gasteiger partial charge in [0.05, 0.1) is 25.5 Å². The van der Waals surface area contributed by atoms with Gasteiger partial charge in [-0.2, -0.15) is 0 Å². The lowest BCUT2D eigenvalue weighted by molar-refractivity contribution is 0.0603. The van der Waals surface area contributed by atoms with Gasteiger partial charge in [0.15, 0.2) is 0 Å². The van der Waals surface area contributed by atoms with Crippen LogP contribution in [-0.2, 0) is 4.74 Å². The van der Waals surface area contributed by atoms with Crippen molar-refractivity contribution in [2.75, 3.05) is 14.2 Å². The number of pyridine rings is 1. The van der Waals surface area contributed by atoms with E-state index >= 15 is 0 Å². The predicted molar refractivity (Wildman–Crippen MR) is 85.1 cm³/mol. The number of methoxy groups -OCH3 is 2. The van der Waals surface area contributed by atoms with Crippen LogP contribution in [0.5, 0.6) is 5.75 Å². The Balaban J connectivity index is 2.34. The second kappa shape index (κ2) is 5.85. The van der Waals surface area contributed by atoms with Crippen molar-refractivity contribution in [2.45, 2.75) is 0 Å². The standard InChI is InChI=1S/C18H15NO3/c1-21-16-10-6-9-13-14(18(20)22-2)11-15(19-17(13)16)12-7-4-3-5-8-12/h3-11H,1-2H3. The van der Waals surface area contributed by atoms with Gasteiger partial charge in [-0.1, -0.05) is 42.5 Å². The molecule has 0 N–H and O–H groups in total. The van der Waals surface area contributed by atoms with Crippen LogP contribution in [0.1, 0.15) is 10.4 Å². The number of esters is 1. The SMILES string of the molecule is COC(=O)c1cc(-c2ccccc2)nc2c(OC)cccc12. The van der Waals surface area contributed by atoms with E-state index in [0.29, 0.717) is 27.9 Å². The van der Waals surface area contributed by atoms with Crippen LogP contribution in [0.15, 0.2) is 54.6 Å².